The van der Waals surface area contributed by atoms with Crippen LogP contribution in [0.25, 0.3) is 0 Å². The highest BCUT2D eigenvalue weighted by Crippen LogP contribution is 2.23. The van der Waals surface area contributed by atoms with Crippen LogP contribution in [0.15, 0.2) is 28.1 Å². The molecule has 0 spiro atoms. The van der Waals surface area contributed by atoms with Crippen LogP contribution in [-0.2, 0) is 4.74 Å². The summed E-state index contributed by atoms with van der Waals surface area (Å²) in [5.41, 5.74) is 0. The summed E-state index contributed by atoms with van der Waals surface area (Å²) in [4.78, 5) is 19.6. The maximum atomic E-state index is 12.5. The molecule has 0 aliphatic carbocycles. The highest BCUT2D eigenvalue weighted by Gasteiger charge is 2.24. The Hall–Kier alpha value is -1.71. The number of morpholine rings is 1. The molecule has 2 aliphatic rings. The molecule has 138 valence electrons. The first-order valence-corrected chi connectivity index (χ1v) is 10.3. The number of aromatic nitrogens is 2. The Balaban J connectivity index is 1.35. The average Bonchev–Trinajstić information content (AvgIpc) is 3.15. The van der Waals surface area contributed by atoms with Crippen molar-refractivity contribution in [3.63, 3.8) is 0 Å². The molecule has 7 nitrogen and oxygen atoms in total. The molecular formula is C17H20BrN5O2S. The monoisotopic (exact) mass is 437 g/mol. The molecule has 4 heterocycles. The van der Waals surface area contributed by atoms with Gasteiger partial charge < -0.3 is 19.4 Å². The van der Waals surface area contributed by atoms with Gasteiger partial charge in [0, 0.05) is 49.1 Å². The molecule has 0 radical (unpaired) electrons. The summed E-state index contributed by atoms with van der Waals surface area (Å²) in [6.07, 6.45) is 0. The van der Waals surface area contributed by atoms with Crippen molar-refractivity contribution in [3.8, 4) is 0 Å². The predicted molar refractivity (Wildman–Crippen MR) is 105 cm³/mol. The Bertz CT molecular complexity index is 755. The van der Waals surface area contributed by atoms with Gasteiger partial charge in [0.25, 0.3) is 5.91 Å². The zero-order valence-corrected chi connectivity index (χ0v) is 16.7. The van der Waals surface area contributed by atoms with Crippen molar-refractivity contribution in [2.75, 3.05) is 62.3 Å². The van der Waals surface area contributed by atoms with E-state index >= 15 is 0 Å². The smallest absolute Gasteiger partial charge is 0.264 e. The molecule has 2 aromatic heterocycles. The summed E-state index contributed by atoms with van der Waals surface area (Å²) >= 11 is 4.88. The molecule has 1 amide bonds. The van der Waals surface area contributed by atoms with Crippen molar-refractivity contribution in [1.29, 1.82) is 0 Å². The van der Waals surface area contributed by atoms with Gasteiger partial charge in [0.15, 0.2) is 11.6 Å². The molecule has 26 heavy (non-hydrogen) atoms. The van der Waals surface area contributed by atoms with E-state index in [1.54, 1.807) is 0 Å². The number of nitrogens with zero attached hydrogens (tertiary/aromatic N) is 5. The van der Waals surface area contributed by atoms with Crippen LogP contribution in [0.1, 0.15) is 9.67 Å². The van der Waals surface area contributed by atoms with Crippen LogP contribution in [-0.4, -0.2) is 73.5 Å². The molecular weight excluding hydrogens is 418 g/mol. The second-order valence-corrected chi connectivity index (χ2v) is 8.08. The molecule has 2 saturated heterocycles. The number of hydrogen-bond donors (Lipinski definition) is 0. The number of halogens is 1. The van der Waals surface area contributed by atoms with Gasteiger partial charge in [-0.1, -0.05) is 0 Å². The van der Waals surface area contributed by atoms with Crippen molar-refractivity contribution in [2.45, 2.75) is 0 Å². The lowest BCUT2D eigenvalue weighted by molar-refractivity contribution is 0.0751. The molecule has 0 saturated carbocycles. The maximum Gasteiger partial charge on any atom is 0.264 e. The topological polar surface area (TPSA) is 61.8 Å². The molecule has 4 rings (SSSR count). The fraction of sp³-hybridized carbons (Fsp3) is 0.471. The quantitative estimate of drug-likeness (QED) is 0.732. The van der Waals surface area contributed by atoms with Crippen molar-refractivity contribution < 1.29 is 9.53 Å². The van der Waals surface area contributed by atoms with Gasteiger partial charge >= 0.3 is 0 Å². The van der Waals surface area contributed by atoms with Crippen LogP contribution in [0.2, 0.25) is 0 Å². The standard InChI is InChI=1S/C17H20BrN5O2S/c18-13-11-14(26-12-13)17(24)23-5-3-21(4-6-23)15-1-2-16(20-19-15)22-7-9-25-10-8-22/h1-2,11-12H,3-10H2. The molecule has 0 N–H and O–H groups in total. The van der Waals surface area contributed by atoms with E-state index in [-0.39, 0.29) is 5.91 Å². The van der Waals surface area contributed by atoms with Gasteiger partial charge in [-0.25, -0.2) is 0 Å². The summed E-state index contributed by atoms with van der Waals surface area (Å²) in [5, 5.41) is 10.7. The van der Waals surface area contributed by atoms with Crippen molar-refractivity contribution >= 4 is 44.8 Å². The number of amides is 1. The molecule has 0 unspecified atom stereocenters. The number of ether oxygens (including phenoxy) is 1. The van der Waals surface area contributed by atoms with Crippen LogP contribution in [0.4, 0.5) is 11.6 Å². The van der Waals surface area contributed by atoms with Crippen molar-refractivity contribution in [1.82, 2.24) is 15.1 Å². The SMILES string of the molecule is O=C(c1cc(Br)cs1)N1CCN(c2ccc(N3CCOCC3)nn2)CC1. The van der Waals surface area contributed by atoms with Crippen LogP contribution < -0.4 is 9.80 Å². The molecule has 2 fully saturated rings. The number of hydrogen-bond acceptors (Lipinski definition) is 7. The first-order chi connectivity index (χ1) is 12.7. The lowest BCUT2D eigenvalue weighted by Crippen LogP contribution is -2.49. The second-order valence-electron chi connectivity index (χ2n) is 6.26. The minimum absolute atomic E-state index is 0.106. The highest BCUT2D eigenvalue weighted by atomic mass is 79.9. The molecule has 9 heteroatoms. The van der Waals surface area contributed by atoms with E-state index in [1.165, 1.54) is 11.3 Å². The van der Waals surface area contributed by atoms with E-state index in [0.717, 1.165) is 60.4 Å². The van der Waals surface area contributed by atoms with Gasteiger partial charge in [0.05, 0.1) is 18.1 Å². The zero-order valence-electron chi connectivity index (χ0n) is 14.3. The number of thiophene rings is 1. The number of piperazine rings is 1. The van der Waals surface area contributed by atoms with Crippen LogP contribution in [0.3, 0.4) is 0 Å². The average molecular weight is 438 g/mol. The molecule has 0 bridgehead atoms. The van der Waals surface area contributed by atoms with Crippen molar-refractivity contribution in [2.24, 2.45) is 0 Å². The third-order valence-electron chi connectivity index (χ3n) is 4.64. The first kappa shape index (κ1) is 17.7. The normalized spacial score (nSPS) is 18.3. The number of carbonyl (C=O) groups excluding carboxylic acids is 1. The fourth-order valence-electron chi connectivity index (χ4n) is 3.17. The Kier molecular flexibility index (Phi) is 5.37. The summed E-state index contributed by atoms with van der Waals surface area (Å²) in [6, 6.07) is 5.93. The van der Waals surface area contributed by atoms with E-state index in [9.17, 15) is 4.79 Å². The third-order valence-corrected chi connectivity index (χ3v) is 6.32. The van der Waals surface area contributed by atoms with Gasteiger partial charge in [-0.2, -0.15) is 0 Å². The molecule has 0 aromatic carbocycles. The van der Waals surface area contributed by atoms with Crippen molar-refractivity contribution in [3.05, 3.63) is 32.9 Å². The van der Waals surface area contributed by atoms with Gasteiger partial charge in [0.2, 0.25) is 0 Å². The largest absolute Gasteiger partial charge is 0.378 e. The molecule has 2 aliphatic heterocycles. The van der Waals surface area contributed by atoms with Crippen LogP contribution >= 0.6 is 27.3 Å². The van der Waals surface area contributed by atoms with Crippen LogP contribution in [0.5, 0.6) is 0 Å². The number of rotatable bonds is 3. The van der Waals surface area contributed by atoms with Gasteiger partial charge in [-0.15, -0.1) is 21.5 Å². The summed E-state index contributed by atoms with van der Waals surface area (Å²) < 4.78 is 6.33. The van der Waals surface area contributed by atoms with Gasteiger partial charge in [-0.05, 0) is 34.1 Å². The van der Waals surface area contributed by atoms with E-state index in [1.807, 2.05) is 28.5 Å². The maximum absolute atomic E-state index is 12.5. The van der Waals surface area contributed by atoms with Crippen LogP contribution in [0, 0.1) is 0 Å². The fourth-order valence-corrected chi connectivity index (χ4v) is 4.56. The Labute approximate surface area is 164 Å². The first-order valence-electron chi connectivity index (χ1n) is 8.65. The Morgan fingerprint density at radius 3 is 2.15 bits per heavy atom. The minimum Gasteiger partial charge on any atom is -0.378 e. The third kappa shape index (κ3) is 3.84. The Morgan fingerprint density at radius 1 is 1.00 bits per heavy atom. The number of carbonyl (C=O) groups is 1. The zero-order chi connectivity index (χ0) is 17.9. The van der Waals surface area contributed by atoms with Gasteiger partial charge in [-0.3, -0.25) is 4.79 Å². The minimum atomic E-state index is 0.106. The summed E-state index contributed by atoms with van der Waals surface area (Å²) in [5.74, 6) is 1.87. The molecule has 2 aromatic rings. The van der Waals surface area contributed by atoms with E-state index < -0.39 is 0 Å². The van der Waals surface area contributed by atoms with E-state index in [0.29, 0.717) is 13.1 Å². The van der Waals surface area contributed by atoms with Gasteiger partial charge in [0.1, 0.15) is 0 Å². The second kappa shape index (κ2) is 7.89. The summed E-state index contributed by atoms with van der Waals surface area (Å²) in [7, 11) is 0. The highest BCUT2D eigenvalue weighted by molar-refractivity contribution is 9.10. The Morgan fingerprint density at radius 2 is 1.62 bits per heavy atom. The molecule has 0 atom stereocenters. The summed E-state index contributed by atoms with van der Waals surface area (Å²) in [6.45, 7) is 6.11. The lowest BCUT2D eigenvalue weighted by atomic mass is 10.3. The predicted octanol–water partition coefficient (Wildman–Crippen LogP) is 2.10. The van der Waals surface area contributed by atoms with E-state index in [4.69, 9.17) is 4.74 Å². The lowest BCUT2D eigenvalue weighted by Gasteiger charge is -2.35. The number of anilines is 2. The van der Waals surface area contributed by atoms with E-state index in [2.05, 4.69) is 35.9 Å².